The minimum Gasteiger partial charge on any atom is -0.298 e. The van der Waals surface area contributed by atoms with Gasteiger partial charge in [0.1, 0.15) is 0 Å². The fourth-order valence-corrected chi connectivity index (χ4v) is 3.59. The highest BCUT2D eigenvalue weighted by molar-refractivity contribution is 5.62. The first-order valence-electron chi connectivity index (χ1n) is 7.72. The van der Waals surface area contributed by atoms with Gasteiger partial charge in [0.2, 0.25) is 0 Å². The molecule has 0 N–H and O–H groups in total. The van der Waals surface area contributed by atoms with E-state index in [1.807, 2.05) is 0 Å². The highest BCUT2D eigenvalue weighted by Crippen LogP contribution is 2.28. The van der Waals surface area contributed by atoms with Gasteiger partial charge in [0.15, 0.2) is 0 Å². The van der Waals surface area contributed by atoms with Gasteiger partial charge in [-0.15, -0.1) is 0 Å². The average Bonchev–Trinajstić information content (AvgIpc) is 2.90. The van der Waals surface area contributed by atoms with Crippen LogP contribution < -0.4 is 0 Å². The number of fused-ring (bicyclic) bond motifs is 1. The third kappa shape index (κ3) is 2.92. The fourth-order valence-electron chi connectivity index (χ4n) is 3.59. The van der Waals surface area contributed by atoms with Crippen molar-refractivity contribution in [3.8, 4) is 0 Å². The van der Waals surface area contributed by atoms with Crippen molar-refractivity contribution in [3.05, 3.63) is 41.5 Å². The summed E-state index contributed by atoms with van der Waals surface area (Å²) in [7, 11) is 0. The predicted molar refractivity (Wildman–Crippen MR) is 82.1 cm³/mol. The Morgan fingerprint density at radius 3 is 2.79 bits per heavy atom. The Bertz CT molecular complexity index is 469. The van der Waals surface area contributed by atoms with Crippen molar-refractivity contribution in [2.24, 2.45) is 5.92 Å². The minimum absolute atomic E-state index is 0.964. The van der Waals surface area contributed by atoms with Crippen molar-refractivity contribution in [1.29, 1.82) is 0 Å². The van der Waals surface area contributed by atoms with Gasteiger partial charge in [0.25, 0.3) is 0 Å². The molecule has 1 aromatic carbocycles. The van der Waals surface area contributed by atoms with Crippen molar-refractivity contribution in [3.63, 3.8) is 0 Å². The van der Waals surface area contributed by atoms with Crippen LogP contribution in [0.4, 0.5) is 0 Å². The molecular formula is C18H25N. The van der Waals surface area contributed by atoms with Gasteiger partial charge in [-0.1, -0.05) is 37.1 Å². The van der Waals surface area contributed by atoms with E-state index in [0.29, 0.717) is 0 Å². The smallest absolute Gasteiger partial charge is 0.0236 e. The van der Waals surface area contributed by atoms with Crippen LogP contribution in [0.1, 0.15) is 49.3 Å². The molecule has 1 aliphatic heterocycles. The van der Waals surface area contributed by atoms with Crippen LogP contribution in [0.25, 0.3) is 5.57 Å². The van der Waals surface area contributed by atoms with Crippen LogP contribution in [0.5, 0.6) is 0 Å². The zero-order chi connectivity index (χ0) is 13.2. The Kier molecular flexibility index (Phi) is 3.74. The number of hydrogen-bond donors (Lipinski definition) is 0. The molecule has 19 heavy (non-hydrogen) atoms. The summed E-state index contributed by atoms with van der Waals surface area (Å²) in [6, 6.07) is 6.90. The lowest BCUT2D eigenvalue weighted by Gasteiger charge is -2.31. The van der Waals surface area contributed by atoms with E-state index in [1.165, 1.54) is 61.9 Å². The standard InChI is InChI=1S/C18H25N/c1-14(2)17-8-7-16-9-10-19(13-18(16)11-17)12-15-5-3-4-6-15/h7-8,11,15H,1,3-6,9-10,12-13H2,2H3. The molecule has 1 fully saturated rings. The third-order valence-corrected chi connectivity index (χ3v) is 4.78. The first kappa shape index (κ1) is 12.9. The van der Waals surface area contributed by atoms with E-state index in [2.05, 4.69) is 36.6 Å². The first-order valence-corrected chi connectivity index (χ1v) is 7.72. The zero-order valence-electron chi connectivity index (χ0n) is 12.1. The number of nitrogens with zero attached hydrogens (tertiary/aromatic N) is 1. The van der Waals surface area contributed by atoms with Crippen molar-refractivity contribution < 1.29 is 0 Å². The predicted octanol–water partition coefficient (Wildman–Crippen LogP) is 4.27. The van der Waals surface area contributed by atoms with E-state index < -0.39 is 0 Å². The van der Waals surface area contributed by atoms with Gasteiger partial charge in [-0.25, -0.2) is 0 Å². The number of rotatable bonds is 3. The molecule has 3 rings (SSSR count). The summed E-state index contributed by atoms with van der Waals surface area (Å²) in [6.45, 7) is 9.87. The largest absolute Gasteiger partial charge is 0.298 e. The molecule has 1 heteroatoms. The topological polar surface area (TPSA) is 3.24 Å². The lowest BCUT2D eigenvalue weighted by Crippen LogP contribution is -2.34. The Labute approximate surface area is 117 Å². The summed E-state index contributed by atoms with van der Waals surface area (Å²) in [5.74, 6) is 0.964. The molecule has 0 amide bonds. The van der Waals surface area contributed by atoms with Crippen LogP contribution in [0.2, 0.25) is 0 Å². The molecule has 0 aromatic heterocycles. The molecule has 102 valence electrons. The molecule has 2 aliphatic rings. The summed E-state index contributed by atoms with van der Waals surface area (Å²) in [4.78, 5) is 2.67. The van der Waals surface area contributed by atoms with Crippen molar-refractivity contribution in [1.82, 2.24) is 4.90 Å². The van der Waals surface area contributed by atoms with Crippen molar-refractivity contribution >= 4 is 5.57 Å². The number of benzene rings is 1. The molecule has 1 aromatic rings. The van der Waals surface area contributed by atoms with Gasteiger partial charge in [-0.2, -0.15) is 0 Å². The lowest BCUT2D eigenvalue weighted by atomic mass is 9.94. The summed E-state index contributed by atoms with van der Waals surface area (Å²) < 4.78 is 0. The molecule has 0 unspecified atom stereocenters. The van der Waals surface area contributed by atoms with E-state index in [1.54, 1.807) is 5.56 Å². The van der Waals surface area contributed by atoms with Gasteiger partial charge in [0, 0.05) is 19.6 Å². The van der Waals surface area contributed by atoms with Gasteiger partial charge >= 0.3 is 0 Å². The van der Waals surface area contributed by atoms with E-state index >= 15 is 0 Å². The molecule has 0 spiro atoms. The molecule has 0 bridgehead atoms. The molecule has 1 saturated carbocycles. The Balaban J connectivity index is 1.70. The Hall–Kier alpha value is -1.08. The third-order valence-electron chi connectivity index (χ3n) is 4.78. The van der Waals surface area contributed by atoms with Crippen molar-refractivity contribution in [2.75, 3.05) is 13.1 Å². The van der Waals surface area contributed by atoms with Gasteiger partial charge in [-0.3, -0.25) is 4.90 Å². The average molecular weight is 255 g/mol. The summed E-state index contributed by atoms with van der Waals surface area (Å²) in [5.41, 5.74) is 5.56. The normalized spacial score (nSPS) is 20.5. The second-order valence-electron chi connectivity index (χ2n) is 6.40. The van der Waals surface area contributed by atoms with Gasteiger partial charge in [-0.05, 0) is 54.9 Å². The molecular weight excluding hydrogens is 230 g/mol. The van der Waals surface area contributed by atoms with Crippen LogP contribution in [0, 0.1) is 5.92 Å². The Morgan fingerprint density at radius 2 is 2.05 bits per heavy atom. The maximum absolute atomic E-state index is 4.06. The second-order valence-corrected chi connectivity index (χ2v) is 6.40. The SMILES string of the molecule is C=C(C)c1ccc2c(c1)CN(CC1CCCC1)CC2. The highest BCUT2D eigenvalue weighted by Gasteiger charge is 2.22. The monoisotopic (exact) mass is 255 g/mol. The zero-order valence-corrected chi connectivity index (χ0v) is 12.1. The van der Waals surface area contributed by atoms with E-state index in [4.69, 9.17) is 0 Å². The summed E-state index contributed by atoms with van der Waals surface area (Å²) in [6.07, 6.45) is 7.03. The van der Waals surface area contributed by atoms with E-state index in [-0.39, 0.29) is 0 Å². The second kappa shape index (κ2) is 5.50. The van der Waals surface area contributed by atoms with Crippen LogP contribution in [-0.2, 0) is 13.0 Å². The van der Waals surface area contributed by atoms with Gasteiger partial charge < -0.3 is 0 Å². The van der Waals surface area contributed by atoms with Crippen LogP contribution in [0.15, 0.2) is 24.8 Å². The summed E-state index contributed by atoms with van der Waals surface area (Å²) in [5, 5.41) is 0. The number of allylic oxidation sites excluding steroid dienone is 1. The molecule has 1 heterocycles. The minimum atomic E-state index is 0.964. The maximum atomic E-state index is 4.06. The van der Waals surface area contributed by atoms with Crippen molar-refractivity contribution in [2.45, 2.75) is 45.6 Å². The molecule has 0 radical (unpaired) electrons. The first-order chi connectivity index (χ1) is 9.22. The number of hydrogen-bond acceptors (Lipinski definition) is 1. The van der Waals surface area contributed by atoms with Crippen LogP contribution >= 0.6 is 0 Å². The van der Waals surface area contributed by atoms with Gasteiger partial charge in [0.05, 0.1) is 0 Å². The maximum Gasteiger partial charge on any atom is 0.0236 e. The lowest BCUT2D eigenvalue weighted by molar-refractivity contribution is 0.215. The molecule has 1 aliphatic carbocycles. The van der Waals surface area contributed by atoms with E-state index in [9.17, 15) is 0 Å². The molecule has 0 saturated heterocycles. The Morgan fingerprint density at radius 1 is 1.26 bits per heavy atom. The fraction of sp³-hybridized carbons (Fsp3) is 0.556. The quantitative estimate of drug-likeness (QED) is 0.779. The molecule has 0 atom stereocenters. The summed E-state index contributed by atoms with van der Waals surface area (Å²) >= 11 is 0. The van der Waals surface area contributed by atoms with Crippen LogP contribution in [-0.4, -0.2) is 18.0 Å². The van der Waals surface area contributed by atoms with E-state index in [0.717, 1.165) is 12.5 Å². The highest BCUT2D eigenvalue weighted by atomic mass is 15.1. The van der Waals surface area contributed by atoms with Crippen LogP contribution in [0.3, 0.4) is 0 Å². The molecule has 1 nitrogen and oxygen atoms in total.